The summed E-state index contributed by atoms with van der Waals surface area (Å²) in [5.74, 6) is 0. The maximum atomic E-state index is 3.84. The highest BCUT2D eigenvalue weighted by Crippen LogP contribution is 2.56. The molecule has 2 rings (SSSR count). The molecule has 0 bridgehead atoms. The molecule has 0 amide bonds. The first kappa shape index (κ1) is 13.3. The highest BCUT2D eigenvalue weighted by Gasteiger charge is 2.83. The Balaban J connectivity index is 2.02. The second kappa shape index (κ2) is 5.22. The van der Waals surface area contributed by atoms with Crippen molar-refractivity contribution in [1.82, 2.24) is 15.1 Å². The van der Waals surface area contributed by atoms with Crippen LogP contribution in [0.15, 0.2) is 50.6 Å². The summed E-state index contributed by atoms with van der Waals surface area (Å²) < 4.78 is 0. The van der Waals surface area contributed by atoms with Gasteiger partial charge < -0.3 is 0 Å². The van der Waals surface area contributed by atoms with Gasteiger partial charge in [0.1, 0.15) is 5.66 Å². The first-order chi connectivity index (χ1) is 8.76. The average Bonchev–Trinajstić information content (AvgIpc) is 3.18. The number of hydrogen-bond acceptors (Lipinski definition) is 3. The van der Waals surface area contributed by atoms with Crippen LogP contribution in [0, 0.1) is 0 Å². The molecule has 3 unspecified atom stereocenters. The summed E-state index contributed by atoms with van der Waals surface area (Å²) in [5, 5.41) is 3.55. The molecule has 1 saturated carbocycles. The van der Waals surface area contributed by atoms with E-state index in [2.05, 4.69) is 41.4 Å². The van der Waals surface area contributed by atoms with Crippen molar-refractivity contribution in [2.24, 2.45) is 0 Å². The second-order valence-electron chi connectivity index (χ2n) is 4.91. The van der Waals surface area contributed by atoms with Crippen molar-refractivity contribution in [3.05, 3.63) is 50.6 Å². The highest BCUT2D eigenvalue weighted by atomic mass is 15.6. The lowest BCUT2D eigenvalue weighted by Crippen LogP contribution is -2.49. The summed E-state index contributed by atoms with van der Waals surface area (Å²) in [6.45, 7) is 18.9. The standard InChI is InChI=1S/C15H23N3/c1-5-9-17(10-6-2)14-13-15(14,16-13)18(11-7-3)12-8-4/h5-8,13-14,16H,1-4,9-12H2. The Morgan fingerprint density at radius 2 is 1.39 bits per heavy atom. The Morgan fingerprint density at radius 1 is 0.889 bits per heavy atom. The molecule has 1 aliphatic carbocycles. The Kier molecular flexibility index (Phi) is 3.85. The number of hydrogen-bond donors (Lipinski definition) is 1. The van der Waals surface area contributed by atoms with Crippen LogP contribution in [0.5, 0.6) is 0 Å². The third-order valence-corrected chi connectivity index (χ3v) is 3.78. The SMILES string of the molecule is C=CCN(CC=C)C1C2NC21N(CC=C)CC=C. The topological polar surface area (TPSA) is 28.4 Å². The molecule has 1 heterocycles. The van der Waals surface area contributed by atoms with Crippen molar-refractivity contribution in [3.8, 4) is 0 Å². The number of nitrogens with one attached hydrogen (secondary N) is 1. The molecule has 3 nitrogen and oxygen atoms in total. The van der Waals surface area contributed by atoms with Crippen LogP contribution in [0.3, 0.4) is 0 Å². The third kappa shape index (κ3) is 1.99. The lowest BCUT2D eigenvalue weighted by atomic mass is 10.3. The summed E-state index contributed by atoms with van der Waals surface area (Å²) >= 11 is 0. The lowest BCUT2D eigenvalue weighted by Gasteiger charge is -2.31. The quantitative estimate of drug-likeness (QED) is 0.466. The van der Waals surface area contributed by atoms with Gasteiger partial charge in [-0.15, -0.1) is 26.3 Å². The number of fused-ring (bicyclic) bond motifs is 1. The molecule has 3 atom stereocenters. The molecule has 2 fully saturated rings. The molecule has 0 aromatic carbocycles. The monoisotopic (exact) mass is 245 g/mol. The van der Waals surface area contributed by atoms with Gasteiger partial charge in [0.15, 0.2) is 0 Å². The van der Waals surface area contributed by atoms with E-state index in [1.165, 1.54) is 0 Å². The van der Waals surface area contributed by atoms with E-state index in [0.29, 0.717) is 12.1 Å². The summed E-state index contributed by atoms with van der Waals surface area (Å²) in [6, 6.07) is 1.14. The number of rotatable bonds is 10. The van der Waals surface area contributed by atoms with E-state index in [9.17, 15) is 0 Å². The molecule has 3 heteroatoms. The van der Waals surface area contributed by atoms with Crippen LogP contribution < -0.4 is 5.32 Å². The number of nitrogens with zero attached hydrogens (tertiary/aromatic N) is 2. The van der Waals surface area contributed by atoms with E-state index in [-0.39, 0.29) is 5.66 Å². The van der Waals surface area contributed by atoms with Crippen LogP contribution in [0.1, 0.15) is 0 Å². The van der Waals surface area contributed by atoms with E-state index in [4.69, 9.17) is 0 Å². The predicted octanol–water partition coefficient (Wildman–Crippen LogP) is 1.38. The maximum Gasteiger partial charge on any atom is 0.107 e. The van der Waals surface area contributed by atoms with Crippen molar-refractivity contribution >= 4 is 0 Å². The van der Waals surface area contributed by atoms with Crippen molar-refractivity contribution < 1.29 is 0 Å². The van der Waals surface area contributed by atoms with Crippen molar-refractivity contribution in [3.63, 3.8) is 0 Å². The molecule has 0 aromatic heterocycles. The van der Waals surface area contributed by atoms with Crippen molar-refractivity contribution in [2.45, 2.75) is 17.7 Å². The molecule has 1 saturated heterocycles. The largest absolute Gasteiger partial charge is 0.289 e. The van der Waals surface area contributed by atoms with Crippen LogP contribution in [-0.2, 0) is 0 Å². The van der Waals surface area contributed by atoms with Gasteiger partial charge in [-0.1, -0.05) is 24.3 Å². The molecule has 0 radical (unpaired) electrons. The Hall–Kier alpha value is -1.16. The molecule has 18 heavy (non-hydrogen) atoms. The lowest BCUT2D eigenvalue weighted by molar-refractivity contribution is 0.165. The predicted molar refractivity (Wildman–Crippen MR) is 77.4 cm³/mol. The van der Waals surface area contributed by atoms with Crippen LogP contribution in [0.2, 0.25) is 0 Å². The maximum absolute atomic E-state index is 3.84. The Bertz CT molecular complexity index is 343. The van der Waals surface area contributed by atoms with E-state index < -0.39 is 0 Å². The van der Waals surface area contributed by atoms with Crippen molar-refractivity contribution in [1.29, 1.82) is 0 Å². The first-order valence-electron chi connectivity index (χ1n) is 6.46. The molecular formula is C15H23N3. The van der Waals surface area contributed by atoms with Gasteiger partial charge >= 0.3 is 0 Å². The fourth-order valence-corrected chi connectivity index (χ4v) is 2.92. The van der Waals surface area contributed by atoms with E-state index in [1.807, 2.05) is 24.3 Å². The molecular weight excluding hydrogens is 222 g/mol. The van der Waals surface area contributed by atoms with Crippen LogP contribution >= 0.6 is 0 Å². The van der Waals surface area contributed by atoms with E-state index in [1.54, 1.807) is 0 Å². The van der Waals surface area contributed by atoms with E-state index in [0.717, 1.165) is 26.2 Å². The zero-order chi connectivity index (χ0) is 13.2. The zero-order valence-electron chi connectivity index (χ0n) is 11.0. The van der Waals surface area contributed by atoms with Gasteiger partial charge in [-0.2, -0.15) is 0 Å². The normalized spacial score (nSPS) is 31.9. The van der Waals surface area contributed by atoms with Crippen molar-refractivity contribution in [2.75, 3.05) is 26.2 Å². The average molecular weight is 245 g/mol. The second-order valence-corrected chi connectivity index (χ2v) is 4.91. The van der Waals surface area contributed by atoms with Crippen LogP contribution in [0.4, 0.5) is 0 Å². The summed E-state index contributed by atoms with van der Waals surface area (Å²) in [7, 11) is 0. The van der Waals surface area contributed by atoms with Gasteiger partial charge in [-0.05, 0) is 0 Å². The van der Waals surface area contributed by atoms with Gasteiger partial charge in [-0.3, -0.25) is 15.1 Å². The van der Waals surface area contributed by atoms with Crippen LogP contribution in [0.25, 0.3) is 0 Å². The minimum Gasteiger partial charge on any atom is -0.289 e. The fraction of sp³-hybridized carbons (Fsp3) is 0.467. The van der Waals surface area contributed by atoms with Gasteiger partial charge in [0.05, 0.1) is 12.1 Å². The van der Waals surface area contributed by atoms with E-state index >= 15 is 0 Å². The van der Waals surface area contributed by atoms with Crippen LogP contribution in [-0.4, -0.2) is 53.7 Å². The molecule has 1 N–H and O–H groups in total. The molecule has 2 aliphatic rings. The molecule has 0 spiro atoms. The third-order valence-electron chi connectivity index (χ3n) is 3.78. The fourth-order valence-electron chi connectivity index (χ4n) is 2.92. The highest BCUT2D eigenvalue weighted by molar-refractivity contribution is 5.42. The first-order valence-corrected chi connectivity index (χ1v) is 6.46. The van der Waals surface area contributed by atoms with Gasteiger partial charge in [0, 0.05) is 26.2 Å². The summed E-state index contributed by atoms with van der Waals surface area (Å²) in [5.41, 5.74) is 0.147. The Morgan fingerprint density at radius 3 is 1.78 bits per heavy atom. The zero-order valence-corrected chi connectivity index (χ0v) is 11.0. The van der Waals surface area contributed by atoms with Gasteiger partial charge in [0.2, 0.25) is 0 Å². The molecule has 0 aromatic rings. The van der Waals surface area contributed by atoms with Gasteiger partial charge in [-0.25, -0.2) is 0 Å². The minimum atomic E-state index is 0.147. The minimum absolute atomic E-state index is 0.147. The summed E-state index contributed by atoms with van der Waals surface area (Å²) in [4.78, 5) is 4.82. The smallest absolute Gasteiger partial charge is 0.107 e. The molecule has 98 valence electrons. The Labute approximate surface area is 110 Å². The summed E-state index contributed by atoms with van der Waals surface area (Å²) in [6.07, 6.45) is 7.83. The molecule has 1 aliphatic heterocycles. The van der Waals surface area contributed by atoms with Gasteiger partial charge in [0.25, 0.3) is 0 Å².